The van der Waals surface area contributed by atoms with Crippen LogP contribution >= 0.6 is 0 Å². The maximum atomic E-state index is 11.5. The molecular formula is C10H19NO2. The Morgan fingerprint density at radius 3 is 2.62 bits per heavy atom. The lowest BCUT2D eigenvalue weighted by Gasteiger charge is -2.26. The van der Waals surface area contributed by atoms with E-state index in [4.69, 9.17) is 4.74 Å². The van der Waals surface area contributed by atoms with Gasteiger partial charge in [0.25, 0.3) is 0 Å². The van der Waals surface area contributed by atoms with Gasteiger partial charge in [0.15, 0.2) is 0 Å². The van der Waals surface area contributed by atoms with Gasteiger partial charge in [-0.15, -0.1) is 0 Å². The number of rotatable bonds is 5. The highest BCUT2D eigenvalue weighted by molar-refractivity contribution is 5.87. The number of methoxy groups -OCH3 is 1. The van der Waals surface area contributed by atoms with Crippen molar-refractivity contribution in [2.75, 3.05) is 20.3 Å². The van der Waals surface area contributed by atoms with Crippen molar-refractivity contribution in [3.8, 4) is 0 Å². The number of carbonyl (C=O) groups excluding carboxylic acids is 1. The highest BCUT2D eigenvalue weighted by Crippen LogP contribution is 2.00. The molecule has 0 bridgehead atoms. The molecule has 0 aromatic rings. The molecule has 3 heteroatoms. The van der Waals surface area contributed by atoms with Gasteiger partial charge in [-0.25, -0.2) is 0 Å². The number of allylic oxidation sites excluding steroid dienone is 1. The minimum absolute atomic E-state index is 0.0505. The molecular weight excluding hydrogens is 166 g/mol. The molecule has 0 aromatic heterocycles. The monoisotopic (exact) mass is 185 g/mol. The number of hydrogen-bond acceptors (Lipinski definition) is 2. The van der Waals surface area contributed by atoms with E-state index >= 15 is 0 Å². The molecule has 0 aliphatic rings. The Morgan fingerprint density at radius 2 is 2.23 bits per heavy atom. The first-order valence-corrected chi connectivity index (χ1v) is 4.59. The molecule has 0 rings (SSSR count). The van der Waals surface area contributed by atoms with Gasteiger partial charge in [-0.2, -0.15) is 0 Å². The minimum atomic E-state index is 0.0505. The molecule has 0 saturated carbocycles. The van der Waals surface area contributed by atoms with Gasteiger partial charge in [0.1, 0.15) is 0 Å². The van der Waals surface area contributed by atoms with Gasteiger partial charge in [-0.1, -0.05) is 6.08 Å². The number of nitrogens with zero attached hydrogens (tertiary/aromatic N) is 1. The average molecular weight is 185 g/mol. The second-order valence-electron chi connectivity index (χ2n) is 2.93. The Morgan fingerprint density at radius 1 is 1.62 bits per heavy atom. The highest BCUT2D eigenvalue weighted by atomic mass is 16.5. The standard InChI is InChI=1S/C10H19NO2/c1-5-7-10(12)11(6-2)9(3)8-13-4/h5,7,9H,6,8H2,1-4H3. The van der Waals surface area contributed by atoms with E-state index < -0.39 is 0 Å². The van der Waals surface area contributed by atoms with E-state index in [1.807, 2.05) is 20.8 Å². The SMILES string of the molecule is CC=CC(=O)N(CC)C(C)COC. The molecule has 1 amide bonds. The molecule has 13 heavy (non-hydrogen) atoms. The third-order valence-corrected chi connectivity index (χ3v) is 1.87. The summed E-state index contributed by atoms with van der Waals surface area (Å²) in [5.41, 5.74) is 0. The van der Waals surface area contributed by atoms with Crippen molar-refractivity contribution in [1.82, 2.24) is 4.90 Å². The molecule has 76 valence electrons. The summed E-state index contributed by atoms with van der Waals surface area (Å²) >= 11 is 0. The van der Waals surface area contributed by atoms with Crippen molar-refractivity contribution in [1.29, 1.82) is 0 Å². The lowest BCUT2D eigenvalue weighted by molar-refractivity contribution is -0.128. The van der Waals surface area contributed by atoms with Crippen LogP contribution in [0.1, 0.15) is 20.8 Å². The van der Waals surface area contributed by atoms with Gasteiger partial charge in [0.05, 0.1) is 12.6 Å². The van der Waals surface area contributed by atoms with E-state index in [1.54, 1.807) is 24.2 Å². The van der Waals surface area contributed by atoms with Crippen LogP contribution in [0.2, 0.25) is 0 Å². The third kappa shape index (κ3) is 4.08. The van der Waals surface area contributed by atoms with Gasteiger partial charge < -0.3 is 9.64 Å². The van der Waals surface area contributed by atoms with Crippen LogP contribution in [-0.2, 0) is 9.53 Å². The van der Waals surface area contributed by atoms with Gasteiger partial charge in [-0.05, 0) is 26.8 Å². The number of hydrogen-bond donors (Lipinski definition) is 0. The maximum absolute atomic E-state index is 11.5. The van der Waals surface area contributed by atoms with Crippen molar-refractivity contribution in [2.45, 2.75) is 26.8 Å². The van der Waals surface area contributed by atoms with E-state index in [2.05, 4.69) is 0 Å². The summed E-state index contributed by atoms with van der Waals surface area (Å²) < 4.78 is 5.00. The number of carbonyl (C=O) groups is 1. The molecule has 1 atom stereocenters. The molecule has 0 aliphatic heterocycles. The molecule has 0 fully saturated rings. The zero-order valence-electron chi connectivity index (χ0n) is 8.91. The van der Waals surface area contributed by atoms with E-state index in [-0.39, 0.29) is 11.9 Å². The number of likely N-dealkylation sites (N-methyl/N-ethyl adjacent to an activating group) is 1. The number of amides is 1. The van der Waals surface area contributed by atoms with Crippen LogP contribution in [0.15, 0.2) is 12.2 Å². The van der Waals surface area contributed by atoms with Crippen molar-refractivity contribution in [3.05, 3.63) is 12.2 Å². The second kappa shape index (κ2) is 6.66. The molecule has 0 N–H and O–H groups in total. The van der Waals surface area contributed by atoms with Crippen LogP contribution in [-0.4, -0.2) is 37.1 Å². The average Bonchev–Trinajstić information content (AvgIpc) is 2.06. The Bertz CT molecular complexity index is 178. The first kappa shape index (κ1) is 12.2. The van der Waals surface area contributed by atoms with Crippen LogP contribution in [0, 0.1) is 0 Å². The largest absolute Gasteiger partial charge is 0.383 e. The van der Waals surface area contributed by atoms with E-state index in [0.29, 0.717) is 13.2 Å². The summed E-state index contributed by atoms with van der Waals surface area (Å²) in [6.07, 6.45) is 3.33. The maximum Gasteiger partial charge on any atom is 0.246 e. The Labute approximate surface area is 80.4 Å². The van der Waals surface area contributed by atoms with Gasteiger partial charge in [0, 0.05) is 13.7 Å². The molecule has 0 aliphatic carbocycles. The topological polar surface area (TPSA) is 29.5 Å². The third-order valence-electron chi connectivity index (χ3n) is 1.87. The summed E-state index contributed by atoms with van der Waals surface area (Å²) in [4.78, 5) is 13.3. The van der Waals surface area contributed by atoms with Crippen molar-refractivity contribution < 1.29 is 9.53 Å². The van der Waals surface area contributed by atoms with Crippen LogP contribution in [0.5, 0.6) is 0 Å². The summed E-state index contributed by atoms with van der Waals surface area (Å²) in [6, 6.07) is 0.138. The van der Waals surface area contributed by atoms with Crippen molar-refractivity contribution in [3.63, 3.8) is 0 Å². The molecule has 0 spiro atoms. The molecule has 0 aromatic carbocycles. The fourth-order valence-electron chi connectivity index (χ4n) is 1.25. The Hall–Kier alpha value is -0.830. The second-order valence-corrected chi connectivity index (χ2v) is 2.93. The Balaban J connectivity index is 4.22. The van der Waals surface area contributed by atoms with Crippen LogP contribution in [0.4, 0.5) is 0 Å². The fraction of sp³-hybridized carbons (Fsp3) is 0.700. The van der Waals surface area contributed by atoms with Gasteiger partial charge in [0.2, 0.25) is 5.91 Å². The fourth-order valence-corrected chi connectivity index (χ4v) is 1.25. The zero-order chi connectivity index (χ0) is 10.3. The normalized spacial score (nSPS) is 13.2. The highest BCUT2D eigenvalue weighted by Gasteiger charge is 2.15. The van der Waals surface area contributed by atoms with Gasteiger partial charge in [-0.3, -0.25) is 4.79 Å². The van der Waals surface area contributed by atoms with E-state index in [1.165, 1.54) is 0 Å². The van der Waals surface area contributed by atoms with Crippen LogP contribution in [0.3, 0.4) is 0 Å². The summed E-state index contributed by atoms with van der Waals surface area (Å²) in [5.74, 6) is 0.0505. The molecule has 1 unspecified atom stereocenters. The van der Waals surface area contributed by atoms with Crippen molar-refractivity contribution >= 4 is 5.91 Å². The summed E-state index contributed by atoms with van der Waals surface area (Å²) in [6.45, 7) is 7.08. The first-order chi connectivity index (χ1) is 6.17. The lowest BCUT2D eigenvalue weighted by atomic mass is 10.3. The smallest absolute Gasteiger partial charge is 0.246 e. The van der Waals surface area contributed by atoms with Crippen LogP contribution in [0.25, 0.3) is 0 Å². The summed E-state index contributed by atoms with van der Waals surface area (Å²) in [5, 5.41) is 0. The molecule has 0 saturated heterocycles. The molecule has 0 radical (unpaired) electrons. The molecule has 3 nitrogen and oxygen atoms in total. The first-order valence-electron chi connectivity index (χ1n) is 4.59. The summed E-state index contributed by atoms with van der Waals surface area (Å²) in [7, 11) is 1.64. The van der Waals surface area contributed by atoms with E-state index in [9.17, 15) is 4.79 Å². The minimum Gasteiger partial charge on any atom is -0.383 e. The zero-order valence-corrected chi connectivity index (χ0v) is 8.91. The lowest BCUT2D eigenvalue weighted by Crippen LogP contribution is -2.39. The Kier molecular flexibility index (Phi) is 6.24. The number of ether oxygens (including phenoxy) is 1. The van der Waals surface area contributed by atoms with Gasteiger partial charge >= 0.3 is 0 Å². The predicted molar refractivity (Wildman–Crippen MR) is 53.5 cm³/mol. The predicted octanol–water partition coefficient (Wildman–Crippen LogP) is 1.45. The van der Waals surface area contributed by atoms with E-state index in [0.717, 1.165) is 0 Å². The van der Waals surface area contributed by atoms with Crippen LogP contribution < -0.4 is 0 Å². The van der Waals surface area contributed by atoms with Crippen molar-refractivity contribution in [2.24, 2.45) is 0 Å². The quantitative estimate of drug-likeness (QED) is 0.607. The molecule has 0 heterocycles.